The van der Waals surface area contributed by atoms with Crippen LogP contribution in [0.5, 0.6) is 11.5 Å². The second-order valence-corrected chi connectivity index (χ2v) is 9.29. The number of hydrogen-bond acceptors (Lipinski definition) is 6. The Kier molecular flexibility index (Phi) is 6.00. The Morgan fingerprint density at radius 2 is 1.86 bits per heavy atom. The highest BCUT2D eigenvalue weighted by atomic mass is 35.5. The number of nitro benzene ring substituents is 1. The third kappa shape index (κ3) is 4.60. The van der Waals surface area contributed by atoms with E-state index < -0.39 is 43.2 Å². The zero-order valence-electron chi connectivity index (χ0n) is 14.3. The maximum absolute atomic E-state index is 12.7. The summed E-state index contributed by atoms with van der Waals surface area (Å²) in [5, 5.41) is 10.0. The molecule has 0 fully saturated rings. The van der Waals surface area contributed by atoms with E-state index in [4.69, 9.17) is 16.3 Å². The fourth-order valence-electron chi connectivity index (χ4n) is 2.09. The van der Waals surface area contributed by atoms with Crippen LogP contribution >= 0.6 is 21.8 Å². The number of benzene rings is 2. The van der Waals surface area contributed by atoms with Crippen LogP contribution in [0.25, 0.3) is 0 Å². The summed E-state index contributed by atoms with van der Waals surface area (Å²) in [6.45, 7) is 0. The second kappa shape index (κ2) is 7.76. The topological polar surface area (TPSA) is 98.9 Å². The van der Waals surface area contributed by atoms with Gasteiger partial charge in [0.2, 0.25) is 5.12 Å². The molecule has 0 aliphatic carbocycles. The van der Waals surface area contributed by atoms with Crippen molar-refractivity contribution in [2.24, 2.45) is 4.58 Å². The lowest BCUT2D eigenvalue weighted by Gasteiger charge is -2.19. The minimum Gasteiger partial charge on any atom is -0.456 e. The Morgan fingerprint density at radius 1 is 1.21 bits per heavy atom. The number of nitrogens with zero attached hydrogens (tertiary/aromatic N) is 2. The molecule has 0 saturated heterocycles. The summed E-state index contributed by atoms with van der Waals surface area (Å²) in [5.74, 6) is -0.237. The van der Waals surface area contributed by atoms with Crippen LogP contribution in [0.3, 0.4) is 0 Å². The highest BCUT2D eigenvalue weighted by Crippen LogP contribution is 2.47. The lowest BCUT2D eigenvalue weighted by atomic mass is 10.2. The van der Waals surface area contributed by atoms with Crippen LogP contribution in [-0.4, -0.2) is 22.6 Å². The second-order valence-electron chi connectivity index (χ2n) is 5.82. The summed E-state index contributed by atoms with van der Waals surface area (Å²) >= 11 is 5.81. The van der Waals surface area contributed by atoms with Crippen molar-refractivity contribution in [1.29, 1.82) is 0 Å². The van der Waals surface area contributed by atoms with E-state index in [1.807, 2.05) is 0 Å². The molecule has 2 aromatic rings. The first-order chi connectivity index (χ1) is 12.9. The molecule has 12 heteroatoms. The third-order valence-electron chi connectivity index (χ3n) is 3.51. The molecule has 28 heavy (non-hydrogen) atoms. The fraction of sp³-hybridized carbons (Fsp3) is 0.188. The number of nitroso groups, excluding NO2 is 1. The average molecular weight is 437 g/mol. The number of hydrogen-bond donors (Lipinski definition) is 0. The first-order valence-electron chi connectivity index (χ1n) is 7.32. The zero-order valence-corrected chi connectivity index (χ0v) is 15.9. The van der Waals surface area contributed by atoms with Gasteiger partial charge in [-0.1, -0.05) is 11.6 Å². The van der Waals surface area contributed by atoms with Crippen LogP contribution in [0, 0.1) is 15.0 Å². The summed E-state index contributed by atoms with van der Waals surface area (Å²) in [7, 11) is -2.71. The van der Waals surface area contributed by atoms with Crippen molar-refractivity contribution in [2.45, 2.75) is 6.18 Å². The number of halogens is 4. The normalized spacial score (nSPS) is 12.4. The molecular formula is C16H12ClF3N2O5S. The van der Waals surface area contributed by atoms with Gasteiger partial charge in [0, 0.05) is 6.07 Å². The number of nitro groups is 1. The third-order valence-corrected chi connectivity index (χ3v) is 5.31. The Labute approximate surface area is 163 Å². The van der Waals surface area contributed by atoms with Crippen molar-refractivity contribution in [1.82, 2.24) is 0 Å². The van der Waals surface area contributed by atoms with Crippen molar-refractivity contribution in [2.75, 3.05) is 12.5 Å². The van der Waals surface area contributed by atoms with Gasteiger partial charge in [-0.05, 0) is 57.6 Å². The largest absolute Gasteiger partial charge is 0.456 e. The van der Waals surface area contributed by atoms with E-state index >= 15 is 0 Å². The summed E-state index contributed by atoms with van der Waals surface area (Å²) in [5.41, 5.74) is -1.93. The summed E-state index contributed by atoms with van der Waals surface area (Å²) in [6, 6.07) is 5.56. The number of ether oxygens (including phenoxy) is 1. The van der Waals surface area contributed by atoms with Crippen LogP contribution < -0.4 is 4.74 Å². The first kappa shape index (κ1) is 21.6. The maximum Gasteiger partial charge on any atom is 0.416 e. The van der Waals surface area contributed by atoms with E-state index in [2.05, 4.69) is 4.58 Å². The van der Waals surface area contributed by atoms with Crippen molar-refractivity contribution >= 4 is 32.6 Å². The quantitative estimate of drug-likeness (QED) is 0.328. The number of carbonyl (C=O) groups is 1. The molecule has 7 nitrogen and oxygen atoms in total. The van der Waals surface area contributed by atoms with Gasteiger partial charge >= 0.3 is 6.18 Å². The molecule has 0 spiro atoms. The summed E-state index contributed by atoms with van der Waals surface area (Å²) < 4.78 is 46.2. The molecule has 0 N–H and O–H groups in total. The van der Waals surface area contributed by atoms with Crippen LogP contribution in [0.1, 0.15) is 15.9 Å². The molecule has 0 unspecified atom stereocenters. The molecule has 0 amide bonds. The van der Waals surface area contributed by atoms with Crippen molar-refractivity contribution in [3.8, 4) is 11.5 Å². The van der Waals surface area contributed by atoms with Crippen LogP contribution in [0.4, 0.5) is 18.9 Å². The van der Waals surface area contributed by atoms with E-state index in [-0.39, 0.29) is 16.5 Å². The molecule has 2 aromatic carbocycles. The molecule has 0 atom stereocenters. The lowest BCUT2D eigenvalue weighted by molar-refractivity contribution is -0.385. The van der Waals surface area contributed by atoms with Crippen LogP contribution in [0.2, 0.25) is 5.02 Å². The SMILES string of the molecule is CS(C)(N=O)C(=O)c1cc(Oc2ccc(C(F)(F)F)cc2Cl)ccc1[N+](=O)[O-]. The van der Waals surface area contributed by atoms with Gasteiger partial charge in [0.25, 0.3) is 5.69 Å². The van der Waals surface area contributed by atoms with Gasteiger partial charge in [0.1, 0.15) is 17.1 Å². The van der Waals surface area contributed by atoms with Crippen molar-refractivity contribution in [3.63, 3.8) is 0 Å². The summed E-state index contributed by atoms with van der Waals surface area (Å²) in [4.78, 5) is 33.8. The fourth-order valence-corrected chi connectivity index (χ4v) is 3.08. The van der Waals surface area contributed by atoms with Gasteiger partial charge in [-0.15, -0.1) is 4.91 Å². The molecule has 2 rings (SSSR count). The molecule has 0 radical (unpaired) electrons. The zero-order chi connectivity index (χ0) is 21.3. The van der Waals surface area contributed by atoms with E-state index in [0.717, 1.165) is 30.3 Å². The average Bonchev–Trinajstić information content (AvgIpc) is 2.61. The minimum absolute atomic E-state index is 0.0864. The molecule has 0 aromatic heterocycles. The van der Waals surface area contributed by atoms with Gasteiger partial charge in [0.15, 0.2) is 0 Å². The predicted octanol–water partition coefficient (Wildman–Crippen LogP) is 5.95. The lowest BCUT2D eigenvalue weighted by Crippen LogP contribution is -2.10. The van der Waals surface area contributed by atoms with Gasteiger partial charge in [-0.25, -0.2) is 0 Å². The van der Waals surface area contributed by atoms with E-state index in [0.29, 0.717) is 6.07 Å². The number of alkyl halides is 3. The molecule has 0 aliphatic heterocycles. The van der Waals surface area contributed by atoms with Crippen molar-refractivity contribution < 1.29 is 27.6 Å². The number of carbonyl (C=O) groups excluding carboxylic acids is 1. The molecular weight excluding hydrogens is 425 g/mol. The van der Waals surface area contributed by atoms with Gasteiger partial charge in [-0.2, -0.15) is 13.2 Å². The number of rotatable bonds is 5. The Bertz CT molecular complexity index is 966. The van der Waals surface area contributed by atoms with Gasteiger partial charge in [-0.3, -0.25) is 14.9 Å². The van der Waals surface area contributed by atoms with E-state index in [9.17, 15) is 33.0 Å². The predicted molar refractivity (Wildman–Crippen MR) is 99.2 cm³/mol. The highest BCUT2D eigenvalue weighted by molar-refractivity contribution is 8.43. The highest BCUT2D eigenvalue weighted by Gasteiger charge is 2.32. The van der Waals surface area contributed by atoms with Crippen LogP contribution in [0.15, 0.2) is 41.0 Å². The molecule has 0 heterocycles. The monoisotopic (exact) mass is 436 g/mol. The standard InChI is InChI=1S/C16H12ClF3N2O5S/c1-28(2,21-24)15(23)11-8-10(4-5-13(11)22(25)26)27-14-6-3-9(7-12(14)17)16(18,19)20/h3-8H,1-2H3. The summed E-state index contributed by atoms with van der Waals surface area (Å²) in [6.07, 6.45) is -2.05. The smallest absolute Gasteiger partial charge is 0.416 e. The first-order valence-corrected chi connectivity index (χ1v) is 10.1. The Hall–Kier alpha value is -2.66. The Morgan fingerprint density at radius 3 is 2.36 bits per heavy atom. The minimum atomic E-state index is -4.59. The molecule has 0 saturated carbocycles. The molecule has 0 bridgehead atoms. The van der Waals surface area contributed by atoms with Crippen LogP contribution in [-0.2, 0) is 6.18 Å². The van der Waals surface area contributed by atoms with E-state index in [1.165, 1.54) is 12.5 Å². The maximum atomic E-state index is 12.7. The molecule has 150 valence electrons. The van der Waals surface area contributed by atoms with Gasteiger partial charge < -0.3 is 4.74 Å². The molecule has 0 aliphatic rings. The van der Waals surface area contributed by atoms with E-state index in [1.54, 1.807) is 0 Å². The van der Waals surface area contributed by atoms with Gasteiger partial charge in [0.05, 0.1) is 15.5 Å². The Balaban J connectivity index is 2.46. The van der Waals surface area contributed by atoms with Crippen molar-refractivity contribution in [3.05, 3.63) is 67.6 Å².